The predicted octanol–water partition coefficient (Wildman–Crippen LogP) is 6.75. The Hall–Kier alpha value is -0.650. The maximum absolute atomic E-state index is 10.1. The molecule has 5 heteroatoms. The zero-order chi connectivity index (χ0) is 24.3. The van der Waals surface area contributed by atoms with Gasteiger partial charge >= 0.3 is 0 Å². The van der Waals surface area contributed by atoms with Crippen LogP contribution in [0.15, 0.2) is 0 Å². The first kappa shape index (κ1) is 25.4. The lowest BCUT2D eigenvalue weighted by atomic mass is 9.87. The monoisotopic (exact) mass is 468 g/mol. The molecule has 5 nitrogen and oxygen atoms in total. The molecular formula is C28H50O5. The van der Waals surface area contributed by atoms with Crippen molar-refractivity contribution >= 4 is 6.47 Å². The largest absolute Gasteiger partial charge is 0.468 e. The minimum absolute atomic E-state index is 0.0631. The Labute approximate surface area is 204 Å². The number of hydrogen-bond acceptors (Lipinski definition) is 5. The second-order valence-electron chi connectivity index (χ2n) is 10.9. The maximum Gasteiger partial charge on any atom is 0.293 e. The van der Waals surface area contributed by atoms with Crippen molar-refractivity contribution in [1.29, 1.82) is 0 Å². The van der Waals surface area contributed by atoms with Crippen LogP contribution in [0.2, 0.25) is 0 Å². The molecular weight excluding hydrogens is 416 g/mol. The Morgan fingerprint density at radius 1 is 0.818 bits per heavy atom. The molecule has 1 aliphatic heterocycles. The first-order chi connectivity index (χ1) is 16.6. The van der Waals surface area contributed by atoms with Crippen molar-refractivity contribution in [2.75, 3.05) is 27.4 Å². The van der Waals surface area contributed by atoms with E-state index in [0.29, 0.717) is 19.5 Å². The van der Waals surface area contributed by atoms with E-state index in [-0.39, 0.29) is 22.7 Å². The number of rotatable bonds is 21. The Morgan fingerprint density at radius 2 is 1.36 bits per heavy atom. The summed E-state index contributed by atoms with van der Waals surface area (Å²) < 4.78 is 30.8. The molecule has 3 aliphatic rings. The maximum atomic E-state index is 10.1. The molecule has 0 amide bonds. The summed E-state index contributed by atoms with van der Waals surface area (Å²) in [5.74, 6) is 0. The second kappa shape index (κ2) is 13.4. The number of carbonyl (C=O) groups excluding carboxylic acids is 1. The summed E-state index contributed by atoms with van der Waals surface area (Å²) in [4.78, 5) is 10.1. The van der Waals surface area contributed by atoms with Crippen LogP contribution in [0.1, 0.15) is 123 Å². The average Bonchev–Trinajstić information content (AvgIpc) is 3.24. The summed E-state index contributed by atoms with van der Waals surface area (Å²) in [6.45, 7) is 0.654. The standard InChI is InChI=1S/C28H50O5/c1-30-27-19-21-33-25(27)28(31-2)23-26(28,22-27)18-16-14-12-10-8-6-4-3-5-7-9-11-13-15-17-20-32-24-29/h24-25H,3-23H2,1-2H3/t25-,26+,27+,28-/m0/s1/i21T/t21-,25-,26+,27+,28-. The highest BCUT2D eigenvalue weighted by Crippen LogP contribution is 2.76. The molecule has 0 spiro atoms. The summed E-state index contributed by atoms with van der Waals surface area (Å²) in [6.07, 6.45) is 23.6. The van der Waals surface area contributed by atoms with Crippen LogP contribution in [0.25, 0.3) is 0 Å². The van der Waals surface area contributed by atoms with E-state index in [9.17, 15) is 4.79 Å². The number of carbonyl (C=O) groups is 1. The lowest BCUT2D eigenvalue weighted by Gasteiger charge is -2.31. The van der Waals surface area contributed by atoms with E-state index < -0.39 is 6.58 Å². The highest BCUT2D eigenvalue weighted by atomic mass is 16.6. The highest BCUT2D eigenvalue weighted by Gasteiger charge is 2.83. The number of ether oxygens (including phenoxy) is 4. The molecule has 0 radical (unpaired) electrons. The molecule has 0 unspecified atom stereocenters. The molecule has 2 aliphatic carbocycles. The minimum Gasteiger partial charge on any atom is -0.468 e. The van der Waals surface area contributed by atoms with Crippen LogP contribution in [0.5, 0.6) is 0 Å². The Balaban J connectivity index is 1.13. The molecule has 0 N–H and O–H groups in total. The number of unbranched alkanes of at least 4 members (excludes halogenated alkanes) is 14. The third-order valence-corrected chi connectivity index (χ3v) is 8.83. The van der Waals surface area contributed by atoms with Crippen LogP contribution in [0.4, 0.5) is 0 Å². The molecule has 5 atom stereocenters. The van der Waals surface area contributed by atoms with Crippen LogP contribution in [0.3, 0.4) is 0 Å². The Morgan fingerprint density at radius 3 is 1.88 bits per heavy atom. The van der Waals surface area contributed by atoms with Gasteiger partial charge in [-0.05, 0) is 25.7 Å². The highest BCUT2D eigenvalue weighted by molar-refractivity contribution is 5.36. The first-order valence-corrected chi connectivity index (χ1v) is 13.8. The fourth-order valence-electron chi connectivity index (χ4n) is 6.87. The van der Waals surface area contributed by atoms with Crippen molar-refractivity contribution in [1.82, 2.24) is 0 Å². The van der Waals surface area contributed by atoms with Crippen molar-refractivity contribution in [2.24, 2.45) is 5.41 Å². The van der Waals surface area contributed by atoms with Crippen molar-refractivity contribution in [3.63, 3.8) is 0 Å². The van der Waals surface area contributed by atoms with E-state index in [4.69, 9.17) is 20.3 Å². The lowest BCUT2D eigenvalue weighted by Crippen LogP contribution is -2.44. The average molecular weight is 469 g/mol. The lowest BCUT2D eigenvalue weighted by molar-refractivity contribution is -0.128. The van der Waals surface area contributed by atoms with E-state index in [2.05, 4.69) is 0 Å². The molecule has 33 heavy (non-hydrogen) atoms. The fraction of sp³-hybridized carbons (Fsp3) is 0.964. The van der Waals surface area contributed by atoms with Gasteiger partial charge in [0.05, 0.1) is 20.2 Å². The predicted molar refractivity (Wildman–Crippen MR) is 131 cm³/mol. The van der Waals surface area contributed by atoms with Gasteiger partial charge in [-0.3, -0.25) is 4.79 Å². The van der Waals surface area contributed by atoms with E-state index >= 15 is 0 Å². The number of fused-ring (bicyclic) bond motifs is 3. The van der Waals surface area contributed by atoms with Gasteiger partial charge in [-0.1, -0.05) is 89.9 Å². The zero-order valence-electron chi connectivity index (χ0n) is 22.4. The molecule has 192 valence electrons. The van der Waals surface area contributed by atoms with E-state index in [1.54, 1.807) is 7.11 Å². The summed E-state index contributed by atoms with van der Waals surface area (Å²) in [6, 6.07) is 0. The Kier molecular flexibility index (Phi) is 10.4. The van der Waals surface area contributed by atoms with Gasteiger partial charge in [0.15, 0.2) is 0 Å². The molecule has 0 aromatic heterocycles. The minimum atomic E-state index is -0.470. The zero-order valence-corrected chi connectivity index (χ0v) is 21.4. The summed E-state index contributed by atoms with van der Waals surface area (Å²) >= 11 is 0. The summed E-state index contributed by atoms with van der Waals surface area (Å²) in [5.41, 5.74) is -0.286. The SMILES string of the molecule is [3H][C@H]1C[C@@]2(OC)C[C@]3(CCCCCCCCCCCCCCCCCOC=O)C[C@]3(OC)[C@H]2O1. The molecule has 3 fully saturated rings. The van der Waals surface area contributed by atoms with E-state index in [1.807, 2.05) is 7.11 Å². The van der Waals surface area contributed by atoms with Crippen LogP contribution in [-0.4, -0.2) is 51.2 Å². The first-order valence-electron chi connectivity index (χ1n) is 14.4. The molecule has 0 bridgehead atoms. The van der Waals surface area contributed by atoms with Gasteiger partial charge in [0.2, 0.25) is 0 Å². The normalized spacial score (nSPS) is 34.7. The number of methoxy groups -OCH3 is 2. The summed E-state index contributed by atoms with van der Waals surface area (Å²) in [7, 11) is 3.61. The topological polar surface area (TPSA) is 54.0 Å². The molecule has 2 saturated carbocycles. The fourth-order valence-corrected chi connectivity index (χ4v) is 6.87. The summed E-state index contributed by atoms with van der Waals surface area (Å²) in [5, 5.41) is 0. The van der Waals surface area contributed by atoms with Crippen molar-refractivity contribution in [2.45, 2.75) is 139 Å². The molecule has 0 aromatic carbocycles. The quantitative estimate of drug-likeness (QED) is 0.138. The van der Waals surface area contributed by atoms with Gasteiger partial charge in [-0.2, -0.15) is 0 Å². The molecule has 3 rings (SSSR count). The molecule has 1 heterocycles. The van der Waals surface area contributed by atoms with Crippen molar-refractivity contribution in [3.05, 3.63) is 0 Å². The van der Waals surface area contributed by atoms with Crippen LogP contribution < -0.4 is 0 Å². The van der Waals surface area contributed by atoms with Crippen LogP contribution >= 0.6 is 0 Å². The van der Waals surface area contributed by atoms with Crippen LogP contribution in [-0.2, 0) is 23.7 Å². The molecule has 1 saturated heterocycles. The Bertz CT molecular complexity index is 603. The van der Waals surface area contributed by atoms with E-state index in [1.165, 1.54) is 96.3 Å². The third kappa shape index (κ3) is 6.52. The second-order valence-corrected chi connectivity index (χ2v) is 10.9. The van der Waals surface area contributed by atoms with Gasteiger partial charge in [0.1, 0.15) is 11.7 Å². The van der Waals surface area contributed by atoms with Crippen molar-refractivity contribution < 1.29 is 25.1 Å². The van der Waals surface area contributed by atoms with Gasteiger partial charge in [-0.15, -0.1) is 0 Å². The van der Waals surface area contributed by atoms with Crippen LogP contribution in [0, 0.1) is 5.41 Å². The van der Waals surface area contributed by atoms with E-state index in [0.717, 1.165) is 19.3 Å². The van der Waals surface area contributed by atoms with Gasteiger partial charge in [0.25, 0.3) is 6.47 Å². The van der Waals surface area contributed by atoms with Gasteiger partial charge in [-0.25, -0.2) is 0 Å². The third-order valence-electron chi connectivity index (χ3n) is 8.83. The van der Waals surface area contributed by atoms with Gasteiger partial charge in [0, 0.05) is 26.1 Å². The smallest absolute Gasteiger partial charge is 0.293 e. The van der Waals surface area contributed by atoms with Gasteiger partial charge < -0.3 is 18.9 Å². The van der Waals surface area contributed by atoms with Crippen molar-refractivity contribution in [3.8, 4) is 0 Å². The molecule has 0 aromatic rings. The number of hydrogen-bond donors (Lipinski definition) is 0.